The minimum atomic E-state index is -0.525. The van der Waals surface area contributed by atoms with Crippen LogP contribution < -0.4 is 11.1 Å². The van der Waals surface area contributed by atoms with Gasteiger partial charge in [-0.1, -0.05) is 23.1 Å². The van der Waals surface area contributed by atoms with Crippen molar-refractivity contribution in [3.63, 3.8) is 0 Å². The van der Waals surface area contributed by atoms with Crippen molar-refractivity contribution in [3.05, 3.63) is 5.51 Å². The second-order valence-corrected chi connectivity index (χ2v) is 6.26. The maximum absolute atomic E-state index is 11.4. The molecule has 1 heterocycles. The highest BCUT2D eigenvalue weighted by molar-refractivity contribution is 8.01. The molecule has 0 bridgehead atoms. The molecule has 0 aliphatic heterocycles. The minimum Gasteiger partial charge on any atom is -0.368 e. The second kappa shape index (κ2) is 4.68. The summed E-state index contributed by atoms with van der Waals surface area (Å²) >= 11 is 3.22. The summed E-state index contributed by atoms with van der Waals surface area (Å²) in [6.07, 6.45) is 2.55. The summed E-state index contributed by atoms with van der Waals surface area (Å²) in [4.78, 5) is 11.4. The molecule has 2 atom stereocenters. The van der Waals surface area contributed by atoms with Crippen LogP contribution in [0.4, 0.5) is 0 Å². The van der Waals surface area contributed by atoms with Gasteiger partial charge in [0, 0.05) is 5.25 Å². The number of carbonyl (C=O) groups excluding carboxylic acids is 1. The Bertz CT molecular complexity index is 370. The fourth-order valence-electron chi connectivity index (χ4n) is 2.03. The molecule has 3 N–H and O–H groups in total. The van der Waals surface area contributed by atoms with Crippen LogP contribution in [-0.2, 0) is 4.79 Å². The van der Waals surface area contributed by atoms with Crippen molar-refractivity contribution < 1.29 is 4.79 Å². The number of amides is 1. The van der Waals surface area contributed by atoms with Gasteiger partial charge in [-0.2, -0.15) is 0 Å². The van der Waals surface area contributed by atoms with E-state index >= 15 is 0 Å². The number of nitrogens with two attached hydrogens (primary N) is 1. The zero-order valence-corrected chi connectivity index (χ0v) is 10.6. The number of likely N-dealkylation sites (N-methyl/N-ethyl adjacent to an activating group) is 1. The van der Waals surface area contributed by atoms with E-state index in [0.29, 0.717) is 5.25 Å². The number of rotatable bonds is 4. The summed E-state index contributed by atoms with van der Waals surface area (Å²) in [6.45, 7) is 0. The van der Waals surface area contributed by atoms with E-state index in [1.165, 1.54) is 11.3 Å². The van der Waals surface area contributed by atoms with E-state index in [2.05, 4.69) is 15.5 Å². The van der Waals surface area contributed by atoms with Crippen LogP contribution >= 0.6 is 23.1 Å². The lowest BCUT2D eigenvalue weighted by Gasteiger charge is -2.24. The third kappa shape index (κ3) is 2.21. The normalized spacial score (nSPS) is 29.4. The van der Waals surface area contributed by atoms with Crippen LogP contribution in [0.15, 0.2) is 9.85 Å². The summed E-state index contributed by atoms with van der Waals surface area (Å²) in [6, 6.07) is 0. The van der Waals surface area contributed by atoms with Crippen molar-refractivity contribution in [1.29, 1.82) is 0 Å². The summed E-state index contributed by atoms with van der Waals surface area (Å²) in [5, 5.41) is 11.3. The van der Waals surface area contributed by atoms with E-state index in [1.54, 1.807) is 24.3 Å². The number of hydrogen-bond donors (Lipinski definition) is 2. The number of nitrogens with one attached hydrogen (secondary N) is 1. The van der Waals surface area contributed by atoms with E-state index in [9.17, 15) is 4.79 Å². The zero-order valence-electron chi connectivity index (χ0n) is 8.97. The minimum absolute atomic E-state index is 0.254. The maximum Gasteiger partial charge on any atom is 0.237 e. The number of carbonyl (C=O) groups is 1. The third-order valence-corrected chi connectivity index (χ3v) is 5.11. The monoisotopic (exact) mass is 258 g/mol. The van der Waals surface area contributed by atoms with Crippen LogP contribution in [-0.4, -0.2) is 33.9 Å². The second-order valence-electron chi connectivity index (χ2n) is 3.88. The Morgan fingerprint density at radius 3 is 3.12 bits per heavy atom. The Labute approximate surface area is 102 Å². The molecule has 1 fully saturated rings. The molecule has 1 amide bonds. The smallest absolute Gasteiger partial charge is 0.237 e. The number of hydrogen-bond acceptors (Lipinski definition) is 6. The highest BCUT2D eigenvalue weighted by Gasteiger charge is 2.43. The lowest BCUT2D eigenvalue weighted by molar-refractivity contribution is -0.124. The van der Waals surface area contributed by atoms with Crippen LogP contribution in [0.2, 0.25) is 0 Å². The Balaban J connectivity index is 1.99. The van der Waals surface area contributed by atoms with E-state index in [0.717, 1.165) is 23.6 Å². The van der Waals surface area contributed by atoms with E-state index in [1.807, 2.05) is 0 Å². The fraction of sp³-hybridized carbons (Fsp3) is 0.667. The molecular formula is C9H14N4OS2. The number of aromatic nitrogens is 2. The number of thioether (sulfide) groups is 1. The molecule has 5 nitrogen and oxygen atoms in total. The molecule has 2 rings (SSSR count). The van der Waals surface area contributed by atoms with Crippen LogP contribution in [0.1, 0.15) is 19.3 Å². The molecule has 0 spiro atoms. The Morgan fingerprint density at radius 2 is 2.62 bits per heavy atom. The van der Waals surface area contributed by atoms with Gasteiger partial charge in [0.15, 0.2) is 4.34 Å². The van der Waals surface area contributed by atoms with Gasteiger partial charge in [0.05, 0.1) is 5.54 Å². The lowest BCUT2D eigenvalue weighted by Crippen LogP contribution is -2.52. The van der Waals surface area contributed by atoms with Crippen molar-refractivity contribution >= 4 is 29.0 Å². The molecule has 2 unspecified atom stereocenters. The molecular weight excluding hydrogens is 244 g/mol. The number of primary amides is 1. The Kier molecular flexibility index (Phi) is 3.46. The molecule has 1 aliphatic rings. The first-order valence-corrected chi connectivity index (χ1v) is 6.84. The standard InChI is InChI=1S/C9H14N4OS2/c1-11-9(7(10)14)3-2-6(4-9)16-8-13-12-5-15-8/h5-6,11H,2-4H2,1H3,(H2,10,14). The fourth-order valence-corrected chi connectivity index (χ4v) is 4.05. The van der Waals surface area contributed by atoms with E-state index < -0.39 is 5.54 Å². The average molecular weight is 258 g/mol. The summed E-state index contributed by atoms with van der Waals surface area (Å²) in [5.41, 5.74) is 6.64. The summed E-state index contributed by atoms with van der Waals surface area (Å²) in [7, 11) is 1.79. The predicted molar refractivity (Wildman–Crippen MR) is 64.4 cm³/mol. The van der Waals surface area contributed by atoms with Gasteiger partial charge in [-0.25, -0.2) is 0 Å². The molecule has 88 valence electrons. The van der Waals surface area contributed by atoms with Crippen LogP contribution in [0, 0.1) is 0 Å². The van der Waals surface area contributed by atoms with Crippen LogP contribution in [0.25, 0.3) is 0 Å². The van der Waals surface area contributed by atoms with Gasteiger partial charge >= 0.3 is 0 Å². The molecule has 1 aromatic heterocycles. The zero-order chi connectivity index (χ0) is 11.6. The first-order chi connectivity index (χ1) is 7.66. The molecule has 16 heavy (non-hydrogen) atoms. The van der Waals surface area contributed by atoms with Gasteiger partial charge in [-0.3, -0.25) is 4.79 Å². The van der Waals surface area contributed by atoms with Crippen LogP contribution in [0.5, 0.6) is 0 Å². The molecule has 0 radical (unpaired) electrons. The quantitative estimate of drug-likeness (QED) is 0.827. The largest absolute Gasteiger partial charge is 0.368 e. The Hall–Kier alpha value is -0.660. The third-order valence-electron chi connectivity index (χ3n) is 3.03. The average Bonchev–Trinajstić information content (AvgIpc) is 2.88. The van der Waals surface area contributed by atoms with Crippen molar-refractivity contribution in [2.45, 2.75) is 34.4 Å². The van der Waals surface area contributed by atoms with Crippen molar-refractivity contribution in [1.82, 2.24) is 15.5 Å². The SMILES string of the molecule is CNC1(C(N)=O)CCC(Sc2nncs2)C1. The van der Waals surface area contributed by atoms with E-state index in [4.69, 9.17) is 5.73 Å². The highest BCUT2D eigenvalue weighted by atomic mass is 32.2. The van der Waals surface area contributed by atoms with Gasteiger partial charge < -0.3 is 11.1 Å². The maximum atomic E-state index is 11.4. The van der Waals surface area contributed by atoms with Gasteiger partial charge in [0.1, 0.15) is 5.51 Å². The lowest BCUT2D eigenvalue weighted by atomic mass is 9.97. The number of nitrogens with zero attached hydrogens (tertiary/aromatic N) is 2. The molecule has 0 aromatic carbocycles. The van der Waals surface area contributed by atoms with Crippen molar-refractivity contribution in [2.75, 3.05) is 7.05 Å². The van der Waals surface area contributed by atoms with Gasteiger partial charge in [0.25, 0.3) is 0 Å². The topological polar surface area (TPSA) is 80.9 Å². The van der Waals surface area contributed by atoms with Gasteiger partial charge in [-0.15, -0.1) is 10.2 Å². The highest BCUT2D eigenvalue weighted by Crippen LogP contribution is 2.40. The molecule has 1 aliphatic carbocycles. The molecule has 1 saturated carbocycles. The predicted octanol–water partition coefficient (Wildman–Crippen LogP) is 0.626. The summed E-state index contributed by atoms with van der Waals surface area (Å²) < 4.78 is 0.960. The van der Waals surface area contributed by atoms with Crippen molar-refractivity contribution in [3.8, 4) is 0 Å². The van der Waals surface area contributed by atoms with Crippen molar-refractivity contribution in [2.24, 2.45) is 5.73 Å². The molecule has 7 heteroatoms. The first kappa shape index (κ1) is 11.8. The van der Waals surface area contributed by atoms with Crippen LogP contribution in [0.3, 0.4) is 0 Å². The first-order valence-electron chi connectivity index (χ1n) is 5.08. The van der Waals surface area contributed by atoms with Gasteiger partial charge in [-0.05, 0) is 26.3 Å². The van der Waals surface area contributed by atoms with Gasteiger partial charge in [0.2, 0.25) is 5.91 Å². The van der Waals surface area contributed by atoms with E-state index in [-0.39, 0.29) is 5.91 Å². The summed E-state index contributed by atoms with van der Waals surface area (Å²) in [5.74, 6) is -0.254. The molecule has 0 saturated heterocycles. The Morgan fingerprint density at radius 1 is 1.81 bits per heavy atom. The molecule has 1 aromatic rings.